The number of anilines is 1. The molecule has 1 fully saturated rings. The zero-order valence-electron chi connectivity index (χ0n) is 18.9. The minimum Gasteiger partial charge on any atom is -0.351 e. The molecule has 2 N–H and O–H groups in total. The van der Waals surface area contributed by atoms with Crippen molar-refractivity contribution in [2.75, 3.05) is 44.6 Å². The Morgan fingerprint density at radius 3 is 2.59 bits per heavy atom. The van der Waals surface area contributed by atoms with E-state index in [0.29, 0.717) is 23.7 Å². The second-order valence-corrected chi connectivity index (χ2v) is 8.57. The third kappa shape index (κ3) is 6.71. The third-order valence-electron chi connectivity index (χ3n) is 6.03. The molecule has 0 spiro atoms. The van der Waals surface area contributed by atoms with Crippen molar-refractivity contribution < 1.29 is 9.59 Å². The number of nitrogens with one attached hydrogen (secondary N) is 2. The number of nitrogens with zero attached hydrogens (tertiary/aromatic N) is 2. The van der Waals surface area contributed by atoms with E-state index < -0.39 is 0 Å². The highest BCUT2D eigenvalue weighted by atomic mass is 35.5. The third-order valence-corrected chi connectivity index (χ3v) is 6.28. The molecule has 1 unspecified atom stereocenters. The van der Waals surface area contributed by atoms with Crippen LogP contribution in [0.5, 0.6) is 0 Å². The van der Waals surface area contributed by atoms with Gasteiger partial charge in [-0.05, 0) is 67.9 Å². The van der Waals surface area contributed by atoms with Gasteiger partial charge in [0, 0.05) is 48.4 Å². The Hall–Kier alpha value is -2.57. The number of hydrogen-bond acceptors (Lipinski definition) is 3. The van der Waals surface area contributed by atoms with Crippen LogP contribution >= 0.6 is 11.6 Å². The van der Waals surface area contributed by atoms with Gasteiger partial charge in [-0.3, -0.25) is 4.79 Å². The van der Waals surface area contributed by atoms with Crippen molar-refractivity contribution in [1.29, 1.82) is 0 Å². The van der Waals surface area contributed by atoms with Crippen molar-refractivity contribution >= 4 is 29.2 Å². The van der Waals surface area contributed by atoms with Crippen LogP contribution in [0.4, 0.5) is 10.5 Å². The maximum absolute atomic E-state index is 12.7. The van der Waals surface area contributed by atoms with Crippen LogP contribution in [0.3, 0.4) is 0 Å². The molecule has 0 bridgehead atoms. The lowest BCUT2D eigenvalue weighted by Gasteiger charge is -2.33. The molecule has 0 radical (unpaired) electrons. The van der Waals surface area contributed by atoms with E-state index >= 15 is 0 Å². The molecule has 6 nitrogen and oxygen atoms in total. The van der Waals surface area contributed by atoms with Crippen molar-refractivity contribution in [3.8, 4) is 0 Å². The minimum absolute atomic E-state index is 0.0489. The molecule has 1 atom stereocenters. The SMILES string of the molecule is CCN(CC)CCNC(=O)c1cccc(C2CCCN(C(=O)Nc3ccc(Cl)cc3)C2)c1. The first-order chi connectivity index (χ1) is 15.5. The maximum Gasteiger partial charge on any atom is 0.321 e. The first kappa shape index (κ1) is 24.1. The Bertz CT molecular complexity index is 899. The van der Waals surface area contributed by atoms with E-state index in [-0.39, 0.29) is 17.9 Å². The van der Waals surface area contributed by atoms with Crippen LogP contribution in [0.15, 0.2) is 48.5 Å². The smallest absolute Gasteiger partial charge is 0.321 e. The summed E-state index contributed by atoms with van der Waals surface area (Å²) in [6.45, 7) is 9.03. The predicted molar refractivity (Wildman–Crippen MR) is 131 cm³/mol. The fraction of sp³-hybridized carbons (Fsp3) is 0.440. The average molecular weight is 457 g/mol. The number of likely N-dealkylation sites (tertiary alicyclic amines) is 1. The van der Waals surface area contributed by atoms with Crippen LogP contribution in [0.1, 0.15) is 48.5 Å². The number of halogens is 1. The lowest BCUT2D eigenvalue weighted by atomic mass is 9.89. The normalized spacial score (nSPS) is 16.1. The molecule has 0 saturated carbocycles. The van der Waals surface area contributed by atoms with Gasteiger partial charge in [0.25, 0.3) is 5.91 Å². The fourth-order valence-corrected chi connectivity index (χ4v) is 4.20. The number of urea groups is 1. The Balaban J connectivity index is 1.58. The summed E-state index contributed by atoms with van der Waals surface area (Å²) in [6, 6.07) is 14.8. The number of rotatable bonds is 8. The molecule has 0 aliphatic carbocycles. The second kappa shape index (κ2) is 11.9. The predicted octanol–water partition coefficient (Wildman–Crippen LogP) is 4.82. The number of likely N-dealkylation sites (N-methyl/N-ethyl adjacent to an activating group) is 1. The van der Waals surface area contributed by atoms with E-state index in [2.05, 4.69) is 35.4 Å². The van der Waals surface area contributed by atoms with E-state index in [4.69, 9.17) is 11.6 Å². The molecule has 3 amide bonds. The molecule has 32 heavy (non-hydrogen) atoms. The number of hydrogen-bond donors (Lipinski definition) is 2. The van der Waals surface area contributed by atoms with Gasteiger partial charge in [-0.25, -0.2) is 4.79 Å². The lowest BCUT2D eigenvalue weighted by Crippen LogP contribution is -2.41. The van der Waals surface area contributed by atoms with Crippen molar-refractivity contribution in [2.24, 2.45) is 0 Å². The molecular formula is C25H33ClN4O2. The molecule has 2 aromatic rings. The first-order valence-corrected chi connectivity index (χ1v) is 11.8. The summed E-state index contributed by atoms with van der Waals surface area (Å²) in [5.41, 5.74) is 2.50. The van der Waals surface area contributed by atoms with Crippen molar-refractivity contribution in [2.45, 2.75) is 32.6 Å². The molecule has 0 aromatic heterocycles. The molecular weight excluding hydrogens is 424 g/mol. The minimum atomic E-state index is -0.109. The van der Waals surface area contributed by atoms with Crippen LogP contribution < -0.4 is 10.6 Å². The number of piperidine rings is 1. The van der Waals surface area contributed by atoms with Gasteiger partial charge in [0.05, 0.1) is 0 Å². The summed E-state index contributed by atoms with van der Waals surface area (Å²) >= 11 is 5.92. The second-order valence-electron chi connectivity index (χ2n) is 8.13. The summed E-state index contributed by atoms with van der Waals surface area (Å²) in [5, 5.41) is 6.60. The van der Waals surface area contributed by atoms with E-state index in [1.165, 1.54) is 0 Å². The van der Waals surface area contributed by atoms with Gasteiger partial charge in [0.15, 0.2) is 0 Å². The number of amides is 3. The number of benzene rings is 2. The van der Waals surface area contributed by atoms with Gasteiger partial charge < -0.3 is 20.4 Å². The van der Waals surface area contributed by atoms with Gasteiger partial charge in [-0.1, -0.05) is 37.6 Å². The van der Waals surface area contributed by atoms with Crippen LogP contribution in [0.25, 0.3) is 0 Å². The summed E-state index contributed by atoms with van der Waals surface area (Å²) in [4.78, 5) is 29.5. The van der Waals surface area contributed by atoms with Gasteiger partial charge in [0.2, 0.25) is 0 Å². The highest BCUT2D eigenvalue weighted by Gasteiger charge is 2.25. The maximum atomic E-state index is 12.7. The van der Waals surface area contributed by atoms with Crippen molar-refractivity contribution in [3.05, 3.63) is 64.7 Å². The number of carbonyl (C=O) groups is 2. The van der Waals surface area contributed by atoms with E-state index in [9.17, 15) is 9.59 Å². The average Bonchev–Trinajstić information content (AvgIpc) is 2.83. The van der Waals surface area contributed by atoms with Crippen LogP contribution in [-0.4, -0.2) is 61.0 Å². The van der Waals surface area contributed by atoms with Gasteiger partial charge >= 0.3 is 6.03 Å². The zero-order valence-corrected chi connectivity index (χ0v) is 19.7. The summed E-state index contributed by atoms with van der Waals surface area (Å²) in [6.07, 6.45) is 1.93. The molecule has 3 rings (SSSR count). The quantitative estimate of drug-likeness (QED) is 0.598. The summed E-state index contributed by atoms with van der Waals surface area (Å²) in [5.74, 6) is 0.162. The largest absolute Gasteiger partial charge is 0.351 e. The Kier molecular flexibility index (Phi) is 8.94. The fourth-order valence-electron chi connectivity index (χ4n) is 4.07. The topological polar surface area (TPSA) is 64.7 Å². The van der Waals surface area contributed by atoms with E-state index in [1.54, 1.807) is 24.3 Å². The van der Waals surface area contributed by atoms with E-state index in [1.807, 2.05) is 23.1 Å². The first-order valence-electron chi connectivity index (χ1n) is 11.4. The molecule has 1 aliphatic rings. The zero-order chi connectivity index (χ0) is 22.9. The van der Waals surface area contributed by atoms with Gasteiger partial charge in [-0.2, -0.15) is 0 Å². The molecule has 1 aliphatic heterocycles. The summed E-state index contributed by atoms with van der Waals surface area (Å²) < 4.78 is 0. The van der Waals surface area contributed by atoms with Crippen LogP contribution in [0.2, 0.25) is 5.02 Å². The van der Waals surface area contributed by atoms with E-state index in [0.717, 1.165) is 50.3 Å². The van der Waals surface area contributed by atoms with Crippen LogP contribution in [0, 0.1) is 0 Å². The molecule has 1 saturated heterocycles. The Morgan fingerprint density at radius 2 is 1.88 bits per heavy atom. The van der Waals surface area contributed by atoms with Crippen molar-refractivity contribution in [1.82, 2.24) is 15.1 Å². The lowest BCUT2D eigenvalue weighted by molar-refractivity contribution is 0.0948. The molecule has 2 aromatic carbocycles. The number of carbonyl (C=O) groups excluding carboxylic acids is 2. The Labute approximate surface area is 195 Å². The molecule has 7 heteroatoms. The molecule has 1 heterocycles. The van der Waals surface area contributed by atoms with Crippen LogP contribution in [-0.2, 0) is 0 Å². The Morgan fingerprint density at radius 1 is 1.12 bits per heavy atom. The van der Waals surface area contributed by atoms with Gasteiger partial charge in [-0.15, -0.1) is 0 Å². The highest BCUT2D eigenvalue weighted by Crippen LogP contribution is 2.28. The van der Waals surface area contributed by atoms with Crippen molar-refractivity contribution in [3.63, 3.8) is 0 Å². The highest BCUT2D eigenvalue weighted by molar-refractivity contribution is 6.30. The monoisotopic (exact) mass is 456 g/mol. The summed E-state index contributed by atoms with van der Waals surface area (Å²) in [7, 11) is 0. The standard InChI is InChI=1S/C25H33ClN4O2/c1-3-29(4-2)16-14-27-24(31)20-8-5-7-19(17-20)21-9-6-15-30(18-21)25(32)28-23-12-10-22(26)11-13-23/h5,7-8,10-13,17,21H,3-4,6,9,14-16,18H2,1-2H3,(H,27,31)(H,28,32). The van der Waals surface area contributed by atoms with Gasteiger partial charge in [0.1, 0.15) is 0 Å². The molecule has 172 valence electrons.